The molecule has 1 aromatic rings. The van der Waals surface area contributed by atoms with E-state index in [1.54, 1.807) is 0 Å². The predicted molar refractivity (Wildman–Crippen MR) is 77.4 cm³/mol. The van der Waals surface area contributed by atoms with E-state index in [0.29, 0.717) is 6.54 Å². The van der Waals surface area contributed by atoms with Crippen LogP contribution in [0.15, 0.2) is 24.3 Å². The summed E-state index contributed by atoms with van der Waals surface area (Å²) in [5, 5.41) is 8.78. The third-order valence-electron chi connectivity index (χ3n) is 2.47. The van der Waals surface area contributed by atoms with E-state index in [2.05, 4.69) is 22.6 Å². The van der Waals surface area contributed by atoms with Crippen LogP contribution in [0, 0.1) is 3.57 Å². The Morgan fingerprint density at radius 2 is 2.00 bits per heavy atom. The van der Waals surface area contributed by atoms with Gasteiger partial charge in [0.05, 0.1) is 6.42 Å². The summed E-state index contributed by atoms with van der Waals surface area (Å²) < 4.78 is 1.02. The molecule has 0 unspecified atom stereocenters. The van der Waals surface area contributed by atoms with Gasteiger partial charge in [-0.3, -0.25) is 9.59 Å². The molecule has 98 valence electrons. The average molecular weight is 361 g/mol. The van der Waals surface area contributed by atoms with Crippen LogP contribution in [0.5, 0.6) is 0 Å². The van der Waals surface area contributed by atoms with E-state index in [-0.39, 0.29) is 18.9 Å². The highest BCUT2D eigenvalue weighted by Crippen LogP contribution is 2.13. The summed E-state index contributed by atoms with van der Waals surface area (Å²) in [7, 11) is 0. The Hall–Kier alpha value is -1.11. The van der Waals surface area contributed by atoms with Gasteiger partial charge in [0.25, 0.3) is 0 Å². The summed E-state index contributed by atoms with van der Waals surface area (Å²) in [6, 6.07) is 7.62. The van der Waals surface area contributed by atoms with Crippen LogP contribution < -0.4 is 0 Å². The molecule has 0 heterocycles. The maximum absolute atomic E-state index is 12.0. The highest BCUT2D eigenvalue weighted by molar-refractivity contribution is 14.1. The summed E-state index contributed by atoms with van der Waals surface area (Å²) >= 11 is 2.18. The van der Waals surface area contributed by atoms with Crippen LogP contribution in [0.4, 0.5) is 0 Å². The zero-order chi connectivity index (χ0) is 13.5. The number of carboxylic acid groups (broad SMARTS) is 1. The minimum Gasteiger partial charge on any atom is -0.480 e. The van der Waals surface area contributed by atoms with Crippen LogP contribution >= 0.6 is 22.6 Å². The van der Waals surface area contributed by atoms with Crippen molar-refractivity contribution in [2.75, 3.05) is 13.1 Å². The monoisotopic (exact) mass is 361 g/mol. The minimum atomic E-state index is -0.973. The largest absolute Gasteiger partial charge is 0.480 e. The van der Waals surface area contributed by atoms with E-state index in [4.69, 9.17) is 5.11 Å². The Morgan fingerprint density at radius 3 is 2.56 bits per heavy atom. The van der Waals surface area contributed by atoms with Gasteiger partial charge in [0.15, 0.2) is 0 Å². The summed E-state index contributed by atoms with van der Waals surface area (Å²) in [6.45, 7) is 2.18. The van der Waals surface area contributed by atoms with Gasteiger partial charge in [0, 0.05) is 10.1 Å². The fraction of sp³-hybridized carbons (Fsp3) is 0.385. The summed E-state index contributed by atoms with van der Waals surface area (Å²) in [4.78, 5) is 24.2. The third kappa shape index (κ3) is 4.64. The third-order valence-corrected chi connectivity index (χ3v) is 3.52. The molecular formula is C13H16INO3. The average Bonchev–Trinajstić information content (AvgIpc) is 2.31. The Morgan fingerprint density at radius 1 is 1.33 bits per heavy atom. The first-order valence-electron chi connectivity index (χ1n) is 5.77. The van der Waals surface area contributed by atoms with Crippen molar-refractivity contribution in [2.24, 2.45) is 0 Å². The number of carboxylic acids is 1. The van der Waals surface area contributed by atoms with Gasteiger partial charge in [-0.05, 0) is 40.6 Å². The number of hydrogen-bond donors (Lipinski definition) is 1. The van der Waals surface area contributed by atoms with Crippen molar-refractivity contribution in [3.63, 3.8) is 0 Å². The maximum atomic E-state index is 12.0. The summed E-state index contributed by atoms with van der Waals surface area (Å²) in [5.74, 6) is -1.11. The standard InChI is InChI=1S/C13H16INO3/c1-2-7-15(9-13(17)18)12(16)8-10-5-3-4-6-11(10)14/h3-6H,2,7-9H2,1H3,(H,17,18). The zero-order valence-electron chi connectivity index (χ0n) is 10.2. The van der Waals surface area contributed by atoms with Crippen molar-refractivity contribution in [3.8, 4) is 0 Å². The zero-order valence-corrected chi connectivity index (χ0v) is 12.4. The van der Waals surface area contributed by atoms with Crippen molar-refractivity contribution >= 4 is 34.5 Å². The van der Waals surface area contributed by atoms with Gasteiger partial charge in [0.1, 0.15) is 6.54 Å². The Labute approximate surface area is 120 Å². The topological polar surface area (TPSA) is 57.6 Å². The molecule has 0 fully saturated rings. The van der Waals surface area contributed by atoms with Gasteiger partial charge in [0.2, 0.25) is 5.91 Å². The molecule has 0 radical (unpaired) electrons. The molecule has 0 saturated carbocycles. The molecule has 0 aliphatic heterocycles. The number of hydrogen-bond acceptors (Lipinski definition) is 2. The van der Waals surface area contributed by atoms with Crippen molar-refractivity contribution in [3.05, 3.63) is 33.4 Å². The number of amides is 1. The number of carbonyl (C=O) groups is 2. The molecule has 4 nitrogen and oxygen atoms in total. The lowest BCUT2D eigenvalue weighted by Crippen LogP contribution is -2.37. The van der Waals surface area contributed by atoms with Crippen LogP contribution in [-0.4, -0.2) is 35.0 Å². The smallest absolute Gasteiger partial charge is 0.323 e. The van der Waals surface area contributed by atoms with Crippen molar-refractivity contribution in [1.29, 1.82) is 0 Å². The molecule has 0 bridgehead atoms. The molecule has 0 saturated heterocycles. The first-order valence-corrected chi connectivity index (χ1v) is 6.85. The molecule has 1 N–H and O–H groups in total. The number of aliphatic carboxylic acids is 1. The molecule has 1 aromatic carbocycles. The minimum absolute atomic E-state index is 0.136. The molecule has 1 amide bonds. The molecule has 18 heavy (non-hydrogen) atoms. The quantitative estimate of drug-likeness (QED) is 0.790. The van der Waals surface area contributed by atoms with Crippen molar-refractivity contribution in [2.45, 2.75) is 19.8 Å². The van der Waals surface area contributed by atoms with Crippen LogP contribution in [-0.2, 0) is 16.0 Å². The molecule has 0 aromatic heterocycles. The predicted octanol–water partition coefficient (Wildman–Crippen LogP) is 2.16. The molecule has 0 aliphatic carbocycles. The normalized spacial score (nSPS) is 10.1. The van der Waals surface area contributed by atoms with Crippen LogP contribution in [0.1, 0.15) is 18.9 Å². The van der Waals surface area contributed by atoms with Gasteiger partial charge in [-0.15, -0.1) is 0 Å². The number of halogens is 1. The van der Waals surface area contributed by atoms with Crippen LogP contribution in [0.2, 0.25) is 0 Å². The number of nitrogens with zero attached hydrogens (tertiary/aromatic N) is 1. The Bertz CT molecular complexity index is 434. The Kier molecular flexibility index (Phi) is 6.11. The van der Waals surface area contributed by atoms with E-state index in [9.17, 15) is 9.59 Å². The van der Waals surface area contributed by atoms with E-state index >= 15 is 0 Å². The fourth-order valence-corrected chi connectivity index (χ4v) is 2.22. The van der Waals surface area contributed by atoms with Gasteiger partial charge in [-0.1, -0.05) is 25.1 Å². The first kappa shape index (κ1) is 14.9. The lowest BCUT2D eigenvalue weighted by atomic mass is 10.1. The van der Waals surface area contributed by atoms with E-state index in [1.807, 2.05) is 31.2 Å². The molecule has 1 rings (SSSR count). The van der Waals surface area contributed by atoms with Crippen molar-refractivity contribution < 1.29 is 14.7 Å². The maximum Gasteiger partial charge on any atom is 0.323 e. The lowest BCUT2D eigenvalue weighted by Gasteiger charge is -2.20. The molecular weight excluding hydrogens is 345 g/mol. The first-order chi connectivity index (χ1) is 8.54. The van der Waals surface area contributed by atoms with E-state index in [0.717, 1.165) is 15.6 Å². The second-order valence-electron chi connectivity index (χ2n) is 3.98. The summed E-state index contributed by atoms with van der Waals surface area (Å²) in [5.41, 5.74) is 0.939. The van der Waals surface area contributed by atoms with Gasteiger partial charge < -0.3 is 10.0 Å². The van der Waals surface area contributed by atoms with Gasteiger partial charge >= 0.3 is 5.97 Å². The Balaban J connectivity index is 2.72. The highest BCUT2D eigenvalue weighted by Gasteiger charge is 2.16. The van der Waals surface area contributed by atoms with Crippen molar-refractivity contribution in [1.82, 2.24) is 4.90 Å². The highest BCUT2D eigenvalue weighted by atomic mass is 127. The van der Waals surface area contributed by atoms with Gasteiger partial charge in [-0.2, -0.15) is 0 Å². The molecule has 0 atom stereocenters. The second kappa shape index (κ2) is 7.35. The van der Waals surface area contributed by atoms with E-state index < -0.39 is 5.97 Å². The fourth-order valence-electron chi connectivity index (χ4n) is 1.64. The SMILES string of the molecule is CCCN(CC(=O)O)C(=O)Cc1ccccc1I. The molecule has 0 aliphatic rings. The molecule has 5 heteroatoms. The number of carbonyl (C=O) groups excluding carboxylic acids is 1. The van der Waals surface area contributed by atoms with E-state index in [1.165, 1.54) is 4.90 Å². The van der Waals surface area contributed by atoms with Gasteiger partial charge in [-0.25, -0.2) is 0 Å². The molecule has 0 spiro atoms. The van der Waals surface area contributed by atoms with Crippen LogP contribution in [0.3, 0.4) is 0 Å². The number of benzene rings is 1. The lowest BCUT2D eigenvalue weighted by molar-refractivity contribution is -0.144. The van der Waals surface area contributed by atoms with Crippen LogP contribution in [0.25, 0.3) is 0 Å². The second-order valence-corrected chi connectivity index (χ2v) is 5.14. The summed E-state index contributed by atoms with van der Waals surface area (Å²) in [6.07, 6.45) is 1.01. The number of rotatable bonds is 6.